The molecule has 2 heterocycles. The van der Waals surface area contributed by atoms with E-state index in [1.54, 1.807) is 6.20 Å². The SMILES string of the molecule is Cc1c(C(=O)N2CC(CO)CCC2C)cccc1-c1ccccn1. The first-order valence-corrected chi connectivity index (χ1v) is 8.54. The highest BCUT2D eigenvalue weighted by molar-refractivity contribution is 5.97. The van der Waals surface area contributed by atoms with Crippen LogP contribution in [-0.2, 0) is 0 Å². The second kappa shape index (κ2) is 7.14. The fourth-order valence-corrected chi connectivity index (χ4v) is 3.44. The summed E-state index contributed by atoms with van der Waals surface area (Å²) in [5.74, 6) is 0.236. The molecular weight excluding hydrogens is 300 g/mol. The third kappa shape index (κ3) is 3.20. The molecule has 1 fully saturated rings. The molecule has 0 saturated carbocycles. The maximum Gasteiger partial charge on any atom is 0.254 e. The number of pyridine rings is 1. The van der Waals surface area contributed by atoms with Gasteiger partial charge in [0, 0.05) is 36.5 Å². The van der Waals surface area contributed by atoms with E-state index in [0.717, 1.165) is 35.2 Å². The Morgan fingerprint density at radius 2 is 2.08 bits per heavy atom. The predicted molar refractivity (Wildman–Crippen MR) is 94.7 cm³/mol. The number of aromatic nitrogens is 1. The molecule has 24 heavy (non-hydrogen) atoms. The van der Waals surface area contributed by atoms with Gasteiger partial charge in [-0.1, -0.05) is 18.2 Å². The van der Waals surface area contributed by atoms with Crippen LogP contribution in [0.5, 0.6) is 0 Å². The second-order valence-electron chi connectivity index (χ2n) is 6.63. The van der Waals surface area contributed by atoms with Gasteiger partial charge in [0.25, 0.3) is 5.91 Å². The van der Waals surface area contributed by atoms with Gasteiger partial charge in [-0.25, -0.2) is 0 Å². The normalized spacial score (nSPS) is 20.9. The van der Waals surface area contributed by atoms with E-state index in [1.165, 1.54) is 0 Å². The number of amides is 1. The van der Waals surface area contributed by atoms with E-state index < -0.39 is 0 Å². The molecule has 4 nitrogen and oxygen atoms in total. The zero-order chi connectivity index (χ0) is 17.1. The van der Waals surface area contributed by atoms with Gasteiger partial charge < -0.3 is 10.0 Å². The van der Waals surface area contributed by atoms with Crippen LogP contribution in [-0.4, -0.2) is 40.1 Å². The van der Waals surface area contributed by atoms with Crippen molar-refractivity contribution in [1.82, 2.24) is 9.88 Å². The first-order chi connectivity index (χ1) is 11.6. The number of aliphatic hydroxyl groups is 1. The molecule has 1 aromatic carbocycles. The van der Waals surface area contributed by atoms with Crippen LogP contribution < -0.4 is 0 Å². The Bertz CT molecular complexity index is 715. The van der Waals surface area contributed by atoms with Crippen molar-refractivity contribution in [2.24, 2.45) is 5.92 Å². The van der Waals surface area contributed by atoms with Crippen LogP contribution in [0.15, 0.2) is 42.6 Å². The maximum absolute atomic E-state index is 13.1. The minimum atomic E-state index is 0.0518. The zero-order valence-electron chi connectivity index (χ0n) is 14.3. The second-order valence-corrected chi connectivity index (χ2v) is 6.63. The number of piperidine rings is 1. The van der Waals surface area contributed by atoms with E-state index in [2.05, 4.69) is 11.9 Å². The van der Waals surface area contributed by atoms with Gasteiger partial charge in [0.2, 0.25) is 0 Å². The van der Waals surface area contributed by atoms with E-state index in [1.807, 2.05) is 48.2 Å². The highest BCUT2D eigenvalue weighted by atomic mass is 16.3. The van der Waals surface area contributed by atoms with Crippen LogP contribution >= 0.6 is 0 Å². The van der Waals surface area contributed by atoms with E-state index in [-0.39, 0.29) is 24.5 Å². The van der Waals surface area contributed by atoms with Crippen LogP contribution in [0.3, 0.4) is 0 Å². The summed E-state index contributed by atoms with van der Waals surface area (Å²) < 4.78 is 0. The molecule has 0 radical (unpaired) electrons. The molecule has 1 saturated heterocycles. The Morgan fingerprint density at radius 3 is 2.79 bits per heavy atom. The first kappa shape index (κ1) is 16.7. The maximum atomic E-state index is 13.1. The summed E-state index contributed by atoms with van der Waals surface area (Å²) in [7, 11) is 0. The molecule has 2 unspecified atom stereocenters. The Hall–Kier alpha value is -2.20. The van der Waals surface area contributed by atoms with Crippen molar-refractivity contribution < 1.29 is 9.90 Å². The lowest BCUT2D eigenvalue weighted by Crippen LogP contribution is -2.46. The van der Waals surface area contributed by atoms with Crippen LogP contribution in [0, 0.1) is 12.8 Å². The van der Waals surface area contributed by atoms with Gasteiger partial charge in [0.05, 0.1) is 5.69 Å². The molecule has 3 rings (SSSR count). The van der Waals surface area contributed by atoms with Gasteiger partial charge in [0.1, 0.15) is 0 Å². The van der Waals surface area contributed by atoms with Crippen molar-refractivity contribution in [1.29, 1.82) is 0 Å². The smallest absolute Gasteiger partial charge is 0.254 e. The van der Waals surface area contributed by atoms with Gasteiger partial charge in [-0.3, -0.25) is 9.78 Å². The molecule has 0 bridgehead atoms. The molecule has 1 amide bonds. The van der Waals surface area contributed by atoms with E-state index in [9.17, 15) is 9.90 Å². The summed E-state index contributed by atoms with van der Waals surface area (Å²) in [5, 5.41) is 9.45. The minimum absolute atomic E-state index is 0.0518. The van der Waals surface area contributed by atoms with E-state index in [0.29, 0.717) is 6.54 Å². The predicted octanol–water partition coefficient (Wildman–Crippen LogP) is 3.29. The van der Waals surface area contributed by atoms with Gasteiger partial charge in [-0.2, -0.15) is 0 Å². The first-order valence-electron chi connectivity index (χ1n) is 8.54. The average molecular weight is 324 g/mol. The Kier molecular flexibility index (Phi) is 4.95. The fourth-order valence-electron chi connectivity index (χ4n) is 3.44. The summed E-state index contributed by atoms with van der Waals surface area (Å²) in [6.45, 7) is 4.84. The van der Waals surface area contributed by atoms with Crippen LogP contribution in [0.25, 0.3) is 11.3 Å². The van der Waals surface area contributed by atoms with Crippen molar-refractivity contribution in [3.05, 3.63) is 53.7 Å². The number of benzene rings is 1. The van der Waals surface area contributed by atoms with Gasteiger partial charge in [-0.05, 0) is 56.4 Å². The Labute approximate surface area is 143 Å². The Balaban J connectivity index is 1.93. The quantitative estimate of drug-likeness (QED) is 0.942. The van der Waals surface area contributed by atoms with Crippen LogP contribution in [0.2, 0.25) is 0 Å². The highest BCUT2D eigenvalue weighted by Crippen LogP contribution is 2.28. The summed E-state index contributed by atoms with van der Waals surface area (Å²) >= 11 is 0. The molecule has 0 aliphatic carbocycles. The summed E-state index contributed by atoms with van der Waals surface area (Å²) in [6.07, 6.45) is 3.69. The molecule has 0 spiro atoms. The van der Waals surface area contributed by atoms with Crippen molar-refractivity contribution in [2.45, 2.75) is 32.7 Å². The number of likely N-dealkylation sites (tertiary alicyclic amines) is 1. The van der Waals surface area contributed by atoms with Gasteiger partial charge in [-0.15, -0.1) is 0 Å². The van der Waals surface area contributed by atoms with E-state index >= 15 is 0 Å². The molecular formula is C20H24N2O2. The molecule has 126 valence electrons. The van der Waals surface area contributed by atoms with Gasteiger partial charge in [0.15, 0.2) is 0 Å². The average Bonchev–Trinajstić information content (AvgIpc) is 2.62. The number of hydrogen-bond acceptors (Lipinski definition) is 3. The number of aliphatic hydroxyl groups excluding tert-OH is 1. The number of nitrogens with zero attached hydrogens (tertiary/aromatic N) is 2. The lowest BCUT2D eigenvalue weighted by atomic mass is 9.92. The molecule has 1 aliphatic rings. The molecule has 1 N–H and O–H groups in total. The van der Waals surface area contributed by atoms with Crippen molar-refractivity contribution in [2.75, 3.05) is 13.2 Å². The van der Waals surface area contributed by atoms with Crippen molar-refractivity contribution in [3.63, 3.8) is 0 Å². The highest BCUT2D eigenvalue weighted by Gasteiger charge is 2.30. The Morgan fingerprint density at radius 1 is 1.25 bits per heavy atom. The number of carbonyl (C=O) groups is 1. The fraction of sp³-hybridized carbons (Fsp3) is 0.400. The number of hydrogen-bond donors (Lipinski definition) is 1. The van der Waals surface area contributed by atoms with Crippen LogP contribution in [0.1, 0.15) is 35.7 Å². The number of rotatable bonds is 3. The largest absolute Gasteiger partial charge is 0.396 e. The third-order valence-corrected chi connectivity index (χ3v) is 5.00. The minimum Gasteiger partial charge on any atom is -0.396 e. The molecule has 1 aromatic heterocycles. The standard InChI is InChI=1S/C20H24N2O2/c1-14-9-10-16(13-23)12-22(14)20(24)18-7-5-6-17(15(18)2)19-8-3-4-11-21-19/h3-8,11,14,16,23H,9-10,12-13H2,1-2H3. The van der Waals surface area contributed by atoms with E-state index in [4.69, 9.17) is 0 Å². The van der Waals surface area contributed by atoms with Crippen LogP contribution in [0.4, 0.5) is 0 Å². The zero-order valence-corrected chi connectivity index (χ0v) is 14.3. The molecule has 2 atom stereocenters. The van der Waals surface area contributed by atoms with Gasteiger partial charge >= 0.3 is 0 Å². The molecule has 4 heteroatoms. The molecule has 2 aromatic rings. The number of carbonyl (C=O) groups excluding carboxylic acids is 1. The van der Waals surface area contributed by atoms with Crippen molar-refractivity contribution >= 4 is 5.91 Å². The summed E-state index contributed by atoms with van der Waals surface area (Å²) in [4.78, 5) is 19.4. The third-order valence-electron chi connectivity index (χ3n) is 5.00. The van der Waals surface area contributed by atoms with Crippen molar-refractivity contribution in [3.8, 4) is 11.3 Å². The topological polar surface area (TPSA) is 53.4 Å². The molecule has 1 aliphatic heterocycles. The monoisotopic (exact) mass is 324 g/mol. The lowest BCUT2D eigenvalue weighted by Gasteiger charge is -2.37. The summed E-state index contributed by atoms with van der Waals surface area (Å²) in [5.41, 5.74) is 3.55. The summed E-state index contributed by atoms with van der Waals surface area (Å²) in [6, 6.07) is 11.8. The lowest BCUT2D eigenvalue weighted by molar-refractivity contribution is 0.0488.